The van der Waals surface area contributed by atoms with E-state index in [4.69, 9.17) is 0 Å². The highest BCUT2D eigenvalue weighted by molar-refractivity contribution is 5.26. The quantitative estimate of drug-likeness (QED) is 0.726. The maximum atomic E-state index is 12.4. The molecule has 0 radical (unpaired) electrons. The van der Waals surface area contributed by atoms with Gasteiger partial charge >= 0.3 is 6.18 Å². The molecule has 120 valence electrons. The normalized spacial score (nSPS) is 14.2. The molecule has 21 heavy (non-hydrogen) atoms. The van der Waals surface area contributed by atoms with Gasteiger partial charge in [-0.3, -0.25) is 0 Å². The summed E-state index contributed by atoms with van der Waals surface area (Å²) in [7, 11) is 0. The predicted molar refractivity (Wildman–Crippen MR) is 74.8 cm³/mol. The number of benzene rings is 1. The van der Waals surface area contributed by atoms with E-state index < -0.39 is 23.4 Å². The molecule has 3 nitrogen and oxygen atoms in total. The van der Waals surface area contributed by atoms with Crippen molar-refractivity contribution in [1.29, 1.82) is 0 Å². The van der Waals surface area contributed by atoms with Crippen LogP contribution in [-0.2, 0) is 6.18 Å². The zero-order chi connectivity index (χ0) is 16.1. The second-order valence-corrected chi connectivity index (χ2v) is 5.20. The summed E-state index contributed by atoms with van der Waals surface area (Å²) < 4.78 is 37.3. The smallest absolute Gasteiger partial charge is 0.389 e. The Balaban J connectivity index is 2.55. The Kier molecular flexibility index (Phi) is 6.19. The maximum absolute atomic E-state index is 12.4. The zero-order valence-corrected chi connectivity index (χ0v) is 12.2. The molecule has 1 aromatic carbocycles. The van der Waals surface area contributed by atoms with Gasteiger partial charge in [0.15, 0.2) is 0 Å². The molecular weight excluding hydrogens is 283 g/mol. The molecule has 0 bridgehead atoms. The zero-order valence-electron chi connectivity index (χ0n) is 12.2. The van der Waals surface area contributed by atoms with Crippen LogP contribution in [0.3, 0.4) is 0 Å². The summed E-state index contributed by atoms with van der Waals surface area (Å²) in [5.41, 5.74) is -1.15. The molecule has 0 heterocycles. The van der Waals surface area contributed by atoms with Crippen molar-refractivity contribution >= 4 is 0 Å². The summed E-state index contributed by atoms with van der Waals surface area (Å²) in [4.78, 5) is 0. The Labute approximate surface area is 122 Å². The molecule has 0 saturated heterocycles. The van der Waals surface area contributed by atoms with E-state index in [0.29, 0.717) is 24.9 Å². The SMILES string of the molecule is CCC(O)(CC)CNCC(O)c1ccc(C(F)(F)F)cc1. The fourth-order valence-electron chi connectivity index (χ4n) is 1.95. The Morgan fingerprint density at radius 1 is 1.10 bits per heavy atom. The monoisotopic (exact) mass is 305 g/mol. The van der Waals surface area contributed by atoms with Gasteiger partial charge in [0, 0.05) is 13.1 Å². The maximum Gasteiger partial charge on any atom is 0.416 e. The van der Waals surface area contributed by atoms with Crippen LogP contribution >= 0.6 is 0 Å². The van der Waals surface area contributed by atoms with Crippen LogP contribution in [0.25, 0.3) is 0 Å². The van der Waals surface area contributed by atoms with Gasteiger partial charge in [0.2, 0.25) is 0 Å². The number of halogens is 3. The first-order valence-electron chi connectivity index (χ1n) is 7.00. The highest BCUT2D eigenvalue weighted by atomic mass is 19.4. The molecule has 6 heteroatoms. The van der Waals surface area contributed by atoms with Gasteiger partial charge in [-0.15, -0.1) is 0 Å². The largest absolute Gasteiger partial charge is 0.416 e. The third-order valence-electron chi connectivity index (χ3n) is 3.73. The second-order valence-electron chi connectivity index (χ2n) is 5.20. The second kappa shape index (κ2) is 7.24. The lowest BCUT2D eigenvalue weighted by molar-refractivity contribution is -0.137. The van der Waals surface area contributed by atoms with Gasteiger partial charge < -0.3 is 15.5 Å². The van der Waals surface area contributed by atoms with Crippen molar-refractivity contribution in [2.24, 2.45) is 0 Å². The van der Waals surface area contributed by atoms with E-state index in [1.165, 1.54) is 12.1 Å². The van der Waals surface area contributed by atoms with Gasteiger partial charge in [-0.25, -0.2) is 0 Å². The first-order valence-corrected chi connectivity index (χ1v) is 7.00. The van der Waals surface area contributed by atoms with Crippen molar-refractivity contribution < 1.29 is 23.4 Å². The van der Waals surface area contributed by atoms with Gasteiger partial charge in [-0.2, -0.15) is 13.2 Å². The molecule has 0 saturated carbocycles. The Hall–Kier alpha value is -1.11. The number of hydrogen-bond donors (Lipinski definition) is 3. The topological polar surface area (TPSA) is 52.5 Å². The molecule has 0 aliphatic carbocycles. The number of aliphatic hydroxyl groups is 2. The van der Waals surface area contributed by atoms with Crippen LogP contribution in [0.4, 0.5) is 13.2 Å². The minimum absolute atomic E-state index is 0.174. The van der Waals surface area contributed by atoms with Crippen molar-refractivity contribution in [3.05, 3.63) is 35.4 Å². The van der Waals surface area contributed by atoms with Crippen molar-refractivity contribution in [3.8, 4) is 0 Å². The van der Waals surface area contributed by atoms with Crippen LogP contribution in [0.1, 0.15) is 43.9 Å². The fraction of sp³-hybridized carbons (Fsp3) is 0.600. The molecule has 0 spiro atoms. The molecule has 1 rings (SSSR count). The van der Waals surface area contributed by atoms with Crippen molar-refractivity contribution in [3.63, 3.8) is 0 Å². The van der Waals surface area contributed by atoms with E-state index in [2.05, 4.69) is 5.32 Å². The number of aliphatic hydroxyl groups excluding tert-OH is 1. The summed E-state index contributed by atoms with van der Waals surface area (Å²) in [6.45, 7) is 4.25. The molecule has 0 aromatic heterocycles. The summed E-state index contributed by atoms with van der Waals surface area (Å²) >= 11 is 0. The van der Waals surface area contributed by atoms with E-state index in [0.717, 1.165) is 12.1 Å². The average Bonchev–Trinajstić information content (AvgIpc) is 2.46. The van der Waals surface area contributed by atoms with E-state index in [1.54, 1.807) is 0 Å². The summed E-state index contributed by atoms with van der Waals surface area (Å²) in [6.07, 6.45) is -4.11. The van der Waals surface area contributed by atoms with E-state index in [-0.39, 0.29) is 6.54 Å². The lowest BCUT2D eigenvalue weighted by atomic mass is 9.97. The molecule has 1 aromatic rings. The Morgan fingerprint density at radius 3 is 2.05 bits per heavy atom. The first kappa shape index (κ1) is 17.9. The lowest BCUT2D eigenvalue weighted by Crippen LogP contribution is -2.40. The average molecular weight is 305 g/mol. The Morgan fingerprint density at radius 2 is 1.62 bits per heavy atom. The highest BCUT2D eigenvalue weighted by Crippen LogP contribution is 2.29. The predicted octanol–water partition coefficient (Wildman–Crippen LogP) is 2.88. The fourth-order valence-corrected chi connectivity index (χ4v) is 1.95. The standard InChI is InChI=1S/C15H22F3NO2/c1-3-14(21,4-2)10-19-9-13(20)11-5-7-12(8-6-11)15(16,17)18/h5-8,13,19-21H,3-4,9-10H2,1-2H3. The molecule has 0 amide bonds. The number of hydrogen-bond acceptors (Lipinski definition) is 3. The summed E-state index contributed by atoms with van der Waals surface area (Å²) in [6, 6.07) is 4.43. The van der Waals surface area contributed by atoms with Crippen molar-refractivity contribution in [2.75, 3.05) is 13.1 Å². The minimum Gasteiger partial charge on any atom is -0.389 e. The summed E-state index contributed by atoms with van der Waals surface area (Å²) in [5.74, 6) is 0. The summed E-state index contributed by atoms with van der Waals surface area (Å²) in [5, 5.41) is 22.9. The van der Waals surface area contributed by atoms with Crippen molar-refractivity contribution in [1.82, 2.24) is 5.32 Å². The van der Waals surface area contributed by atoms with E-state index >= 15 is 0 Å². The molecule has 1 unspecified atom stereocenters. The molecule has 0 fully saturated rings. The minimum atomic E-state index is -4.37. The highest BCUT2D eigenvalue weighted by Gasteiger charge is 2.30. The number of nitrogens with one attached hydrogen (secondary N) is 1. The molecule has 0 aliphatic rings. The van der Waals surface area contributed by atoms with Gasteiger partial charge in [0.1, 0.15) is 0 Å². The third kappa shape index (κ3) is 5.30. The van der Waals surface area contributed by atoms with Gasteiger partial charge in [0.25, 0.3) is 0 Å². The first-order chi connectivity index (χ1) is 9.72. The van der Waals surface area contributed by atoms with Gasteiger partial charge in [-0.05, 0) is 30.5 Å². The molecule has 1 atom stereocenters. The molecular formula is C15H22F3NO2. The lowest BCUT2D eigenvalue weighted by Gasteiger charge is -2.26. The third-order valence-corrected chi connectivity index (χ3v) is 3.73. The molecule has 0 aliphatic heterocycles. The van der Waals surface area contributed by atoms with Crippen LogP contribution in [0, 0.1) is 0 Å². The Bertz CT molecular complexity index is 428. The van der Waals surface area contributed by atoms with Crippen molar-refractivity contribution in [2.45, 2.75) is 44.6 Å². The van der Waals surface area contributed by atoms with E-state index in [1.807, 2.05) is 13.8 Å². The van der Waals surface area contributed by atoms with E-state index in [9.17, 15) is 23.4 Å². The van der Waals surface area contributed by atoms with Crippen LogP contribution in [-0.4, -0.2) is 28.9 Å². The number of alkyl halides is 3. The van der Waals surface area contributed by atoms with Crippen LogP contribution in [0.5, 0.6) is 0 Å². The molecule has 3 N–H and O–H groups in total. The van der Waals surface area contributed by atoms with Crippen LogP contribution in [0.2, 0.25) is 0 Å². The van der Waals surface area contributed by atoms with Crippen LogP contribution < -0.4 is 5.32 Å². The van der Waals surface area contributed by atoms with Gasteiger partial charge in [-0.1, -0.05) is 26.0 Å². The van der Waals surface area contributed by atoms with Gasteiger partial charge in [0.05, 0.1) is 17.3 Å². The van der Waals surface area contributed by atoms with Crippen LogP contribution in [0.15, 0.2) is 24.3 Å². The number of rotatable bonds is 7.